The van der Waals surface area contributed by atoms with Gasteiger partial charge in [-0.25, -0.2) is 0 Å². The molecule has 0 bridgehead atoms. The maximum Gasteiger partial charge on any atom is 0.280 e. The highest BCUT2D eigenvalue weighted by atomic mass is 32.2. The van der Waals surface area contributed by atoms with Gasteiger partial charge >= 0.3 is 0 Å². The molecule has 1 fully saturated rings. The van der Waals surface area contributed by atoms with E-state index in [9.17, 15) is 8.42 Å². The van der Waals surface area contributed by atoms with E-state index in [1.165, 1.54) is 0 Å². The van der Waals surface area contributed by atoms with E-state index in [4.69, 9.17) is 4.42 Å². The van der Waals surface area contributed by atoms with E-state index in [1.807, 2.05) is 6.92 Å². The summed E-state index contributed by atoms with van der Waals surface area (Å²) >= 11 is 0. The fraction of sp³-hybridized carbons (Fsp3) is 0.714. The van der Waals surface area contributed by atoms with Crippen molar-refractivity contribution in [2.45, 2.75) is 45.2 Å². The predicted octanol–water partition coefficient (Wildman–Crippen LogP) is 1.64. The van der Waals surface area contributed by atoms with Crippen molar-refractivity contribution < 1.29 is 12.8 Å². The third-order valence-corrected chi connectivity index (χ3v) is 5.56. The quantitative estimate of drug-likeness (QED) is 0.802. The zero-order valence-corrected chi connectivity index (χ0v) is 13.5. The van der Waals surface area contributed by atoms with Gasteiger partial charge in [0.1, 0.15) is 5.76 Å². The normalized spacial score (nSPS) is 22.3. The lowest BCUT2D eigenvalue weighted by atomic mass is 10.1. The van der Waals surface area contributed by atoms with Crippen LogP contribution in [-0.2, 0) is 10.2 Å². The molecular formula is C14H25N3O3S. The SMILES string of the molecule is CCNCC1CCCCN1S(=O)(=O)NC(C)c1ccco1. The summed E-state index contributed by atoms with van der Waals surface area (Å²) in [6.07, 6.45) is 4.45. The molecule has 120 valence electrons. The molecule has 2 heterocycles. The van der Waals surface area contributed by atoms with Crippen molar-refractivity contribution >= 4 is 10.2 Å². The summed E-state index contributed by atoms with van der Waals surface area (Å²) in [5.41, 5.74) is 0. The monoisotopic (exact) mass is 315 g/mol. The minimum Gasteiger partial charge on any atom is -0.468 e. The Kier molecular flexibility index (Phi) is 5.80. The van der Waals surface area contributed by atoms with E-state index in [1.54, 1.807) is 29.6 Å². The van der Waals surface area contributed by atoms with E-state index >= 15 is 0 Å². The molecule has 0 aliphatic carbocycles. The molecule has 1 aliphatic heterocycles. The van der Waals surface area contributed by atoms with Crippen molar-refractivity contribution in [1.29, 1.82) is 0 Å². The van der Waals surface area contributed by atoms with Crippen LogP contribution in [0, 0.1) is 0 Å². The fourth-order valence-corrected chi connectivity index (χ4v) is 4.33. The number of nitrogens with zero attached hydrogens (tertiary/aromatic N) is 1. The zero-order chi connectivity index (χ0) is 15.3. The van der Waals surface area contributed by atoms with E-state index in [-0.39, 0.29) is 12.1 Å². The van der Waals surface area contributed by atoms with Gasteiger partial charge in [-0.05, 0) is 38.4 Å². The minimum atomic E-state index is -3.50. The first-order chi connectivity index (χ1) is 10.0. The maximum atomic E-state index is 12.6. The standard InChI is InChI=1S/C14H25N3O3S/c1-3-15-11-13-7-4-5-9-17(13)21(18,19)16-12(2)14-8-6-10-20-14/h6,8,10,12-13,15-16H,3-5,7,9,11H2,1-2H3. The molecule has 0 amide bonds. The molecule has 2 unspecified atom stereocenters. The third kappa shape index (κ3) is 4.29. The smallest absolute Gasteiger partial charge is 0.280 e. The van der Waals surface area contributed by atoms with Gasteiger partial charge < -0.3 is 9.73 Å². The van der Waals surface area contributed by atoms with Gasteiger partial charge in [0, 0.05) is 19.1 Å². The molecule has 2 atom stereocenters. The average Bonchev–Trinajstić information content (AvgIpc) is 2.99. The summed E-state index contributed by atoms with van der Waals surface area (Å²) in [5.74, 6) is 0.624. The average molecular weight is 315 g/mol. The van der Waals surface area contributed by atoms with Gasteiger partial charge in [-0.1, -0.05) is 13.3 Å². The number of hydrogen-bond donors (Lipinski definition) is 2. The molecule has 0 aromatic carbocycles. The molecule has 7 heteroatoms. The van der Waals surface area contributed by atoms with E-state index < -0.39 is 10.2 Å². The van der Waals surface area contributed by atoms with Gasteiger partial charge in [-0.15, -0.1) is 0 Å². The Morgan fingerprint density at radius 3 is 2.95 bits per heavy atom. The van der Waals surface area contributed by atoms with Gasteiger partial charge in [0.15, 0.2) is 0 Å². The summed E-state index contributed by atoms with van der Waals surface area (Å²) in [6.45, 7) is 5.95. The summed E-state index contributed by atoms with van der Waals surface area (Å²) < 4.78 is 34.8. The third-order valence-electron chi connectivity index (χ3n) is 3.81. The van der Waals surface area contributed by atoms with Gasteiger partial charge in [0.25, 0.3) is 10.2 Å². The Balaban J connectivity index is 2.05. The highest BCUT2D eigenvalue weighted by molar-refractivity contribution is 7.87. The second-order valence-corrected chi connectivity index (χ2v) is 7.08. The summed E-state index contributed by atoms with van der Waals surface area (Å²) in [5, 5.41) is 3.25. The second kappa shape index (κ2) is 7.40. The highest BCUT2D eigenvalue weighted by Crippen LogP contribution is 2.21. The van der Waals surface area contributed by atoms with Crippen molar-refractivity contribution in [2.24, 2.45) is 0 Å². The van der Waals surface area contributed by atoms with Gasteiger partial charge in [-0.2, -0.15) is 17.4 Å². The van der Waals surface area contributed by atoms with E-state index in [2.05, 4.69) is 10.0 Å². The van der Waals surface area contributed by atoms with Crippen molar-refractivity contribution in [1.82, 2.24) is 14.3 Å². The number of hydrogen-bond acceptors (Lipinski definition) is 4. The maximum absolute atomic E-state index is 12.6. The van der Waals surface area contributed by atoms with Crippen LogP contribution < -0.4 is 10.0 Å². The Bertz CT molecular complexity index is 516. The van der Waals surface area contributed by atoms with Crippen LogP contribution in [0.3, 0.4) is 0 Å². The number of furan rings is 1. The topological polar surface area (TPSA) is 74.6 Å². The first kappa shape index (κ1) is 16.5. The molecule has 1 saturated heterocycles. The lowest BCUT2D eigenvalue weighted by Gasteiger charge is -2.35. The molecule has 1 aromatic heterocycles. The number of likely N-dealkylation sites (N-methyl/N-ethyl adjacent to an activating group) is 1. The molecule has 6 nitrogen and oxygen atoms in total. The Hall–Kier alpha value is -0.890. The van der Waals surface area contributed by atoms with Crippen molar-refractivity contribution in [2.75, 3.05) is 19.6 Å². The largest absolute Gasteiger partial charge is 0.468 e. The second-order valence-electron chi connectivity index (χ2n) is 5.43. The molecular weight excluding hydrogens is 290 g/mol. The van der Waals surface area contributed by atoms with Crippen LogP contribution in [0.1, 0.15) is 44.9 Å². The number of nitrogens with one attached hydrogen (secondary N) is 2. The van der Waals surface area contributed by atoms with Crippen LogP contribution >= 0.6 is 0 Å². The Morgan fingerprint density at radius 2 is 2.29 bits per heavy atom. The van der Waals surface area contributed by atoms with Crippen LogP contribution in [0.5, 0.6) is 0 Å². The molecule has 1 aromatic rings. The first-order valence-electron chi connectivity index (χ1n) is 7.58. The molecule has 21 heavy (non-hydrogen) atoms. The summed E-state index contributed by atoms with van der Waals surface area (Å²) in [7, 11) is -3.50. The van der Waals surface area contributed by atoms with Crippen molar-refractivity contribution in [3.05, 3.63) is 24.2 Å². The van der Waals surface area contributed by atoms with Crippen LogP contribution in [0.15, 0.2) is 22.8 Å². The van der Waals surface area contributed by atoms with E-state index in [0.29, 0.717) is 18.8 Å². The summed E-state index contributed by atoms with van der Waals surface area (Å²) in [4.78, 5) is 0. The minimum absolute atomic E-state index is 0.0278. The molecule has 0 radical (unpaired) electrons. The zero-order valence-electron chi connectivity index (χ0n) is 12.7. The van der Waals surface area contributed by atoms with Gasteiger partial charge in [0.05, 0.1) is 12.3 Å². The van der Waals surface area contributed by atoms with Crippen LogP contribution in [0.2, 0.25) is 0 Å². The highest BCUT2D eigenvalue weighted by Gasteiger charge is 2.33. The van der Waals surface area contributed by atoms with Crippen LogP contribution in [0.25, 0.3) is 0 Å². The Morgan fingerprint density at radius 1 is 1.48 bits per heavy atom. The molecule has 0 saturated carbocycles. The lowest BCUT2D eigenvalue weighted by Crippen LogP contribution is -2.52. The van der Waals surface area contributed by atoms with Crippen molar-refractivity contribution in [3.63, 3.8) is 0 Å². The number of piperidine rings is 1. The van der Waals surface area contributed by atoms with E-state index in [0.717, 1.165) is 25.8 Å². The molecule has 0 spiro atoms. The van der Waals surface area contributed by atoms with Crippen LogP contribution in [-0.4, -0.2) is 38.4 Å². The van der Waals surface area contributed by atoms with Gasteiger partial charge in [-0.3, -0.25) is 0 Å². The van der Waals surface area contributed by atoms with Crippen LogP contribution in [0.4, 0.5) is 0 Å². The number of rotatable bonds is 7. The van der Waals surface area contributed by atoms with Crippen molar-refractivity contribution in [3.8, 4) is 0 Å². The first-order valence-corrected chi connectivity index (χ1v) is 9.02. The molecule has 2 rings (SSSR count). The lowest BCUT2D eigenvalue weighted by molar-refractivity contribution is 0.242. The molecule has 2 N–H and O–H groups in total. The Labute approximate surface area is 127 Å². The molecule has 1 aliphatic rings. The summed E-state index contributed by atoms with van der Waals surface area (Å²) in [6, 6.07) is 3.20. The predicted molar refractivity (Wildman–Crippen MR) is 82.1 cm³/mol. The van der Waals surface area contributed by atoms with Gasteiger partial charge in [0.2, 0.25) is 0 Å². The fourth-order valence-electron chi connectivity index (χ4n) is 2.69.